The van der Waals surface area contributed by atoms with Gasteiger partial charge in [0.1, 0.15) is 0 Å². The molecular weight excluding hydrogens is 336 g/mol. The van der Waals surface area contributed by atoms with Gasteiger partial charge in [-0.25, -0.2) is 0 Å². The van der Waals surface area contributed by atoms with Gasteiger partial charge in [0, 0.05) is 17.5 Å². The lowest BCUT2D eigenvalue weighted by atomic mass is 9.86. The van der Waals surface area contributed by atoms with Crippen molar-refractivity contribution in [2.24, 2.45) is 5.92 Å². The Hall–Kier alpha value is -1.97. The molecule has 0 saturated carbocycles. The quantitative estimate of drug-likeness (QED) is 0.624. The van der Waals surface area contributed by atoms with Gasteiger partial charge in [-0.2, -0.15) is 0 Å². The molecule has 0 aliphatic carbocycles. The van der Waals surface area contributed by atoms with E-state index in [-0.39, 0.29) is 17.8 Å². The summed E-state index contributed by atoms with van der Waals surface area (Å²) in [5.41, 5.74) is 0.815. The molecule has 2 N–H and O–H groups in total. The zero-order valence-electron chi connectivity index (χ0n) is 17.1. The molecule has 27 heavy (non-hydrogen) atoms. The molecule has 0 fully saturated rings. The average molecular weight is 371 g/mol. The monoisotopic (exact) mass is 370 g/mol. The van der Waals surface area contributed by atoms with Crippen LogP contribution in [0.3, 0.4) is 0 Å². The molecule has 0 amide bonds. The third kappa shape index (κ3) is 8.06. The highest BCUT2D eigenvalue weighted by atomic mass is 16.3. The van der Waals surface area contributed by atoms with Crippen molar-refractivity contribution >= 4 is 5.78 Å². The molecule has 0 bridgehead atoms. The van der Waals surface area contributed by atoms with Crippen molar-refractivity contribution in [3.05, 3.63) is 71.8 Å². The Morgan fingerprint density at radius 2 is 1.37 bits per heavy atom. The summed E-state index contributed by atoms with van der Waals surface area (Å²) in [6, 6.07) is 18.6. The molecule has 0 heterocycles. The van der Waals surface area contributed by atoms with Gasteiger partial charge in [-0.1, -0.05) is 94.8 Å². The number of aliphatic hydroxyl groups excluding tert-OH is 1. The third-order valence-electron chi connectivity index (χ3n) is 4.80. The maximum Gasteiger partial charge on any atom is 0.193 e. The van der Waals surface area contributed by atoms with Crippen molar-refractivity contribution in [3.63, 3.8) is 0 Å². The van der Waals surface area contributed by atoms with Gasteiger partial charge in [-0.3, -0.25) is 4.79 Å². The molecule has 0 aliphatic heterocycles. The fourth-order valence-corrected chi connectivity index (χ4v) is 2.86. The van der Waals surface area contributed by atoms with Crippen LogP contribution in [0.15, 0.2) is 60.7 Å². The minimum atomic E-state index is -0.654. The minimum Gasteiger partial charge on any atom is -0.393 e. The Labute approximate surface area is 164 Å². The molecule has 0 spiro atoms. The maximum atomic E-state index is 11.8. The van der Waals surface area contributed by atoms with Gasteiger partial charge in [-0.05, 0) is 18.8 Å². The standard InChI is InChI=1S/C13H10O.C11H24O2/c14-13(11-7-3-1-4-8-11)12-9-5-2-6-10-12;1-5-7-11(13,6-2)8-10(12)9(3)4/h1-10H;9-10,12-13H,5-8H2,1-4H3. The summed E-state index contributed by atoms with van der Waals surface area (Å²) in [6.45, 7) is 7.99. The van der Waals surface area contributed by atoms with E-state index in [2.05, 4.69) is 6.92 Å². The molecule has 3 nitrogen and oxygen atoms in total. The van der Waals surface area contributed by atoms with Crippen LogP contribution in [0.5, 0.6) is 0 Å². The number of carbonyl (C=O) groups excluding carboxylic acids is 1. The second-order valence-corrected chi connectivity index (χ2v) is 7.40. The van der Waals surface area contributed by atoms with Crippen LogP contribution >= 0.6 is 0 Å². The van der Waals surface area contributed by atoms with E-state index in [0.717, 1.165) is 30.4 Å². The van der Waals surface area contributed by atoms with Crippen molar-refractivity contribution in [2.75, 3.05) is 0 Å². The van der Waals surface area contributed by atoms with Crippen LogP contribution < -0.4 is 0 Å². The van der Waals surface area contributed by atoms with Crippen LogP contribution in [0.1, 0.15) is 69.3 Å². The average Bonchev–Trinajstić information content (AvgIpc) is 2.69. The fourth-order valence-electron chi connectivity index (χ4n) is 2.86. The summed E-state index contributed by atoms with van der Waals surface area (Å²) in [7, 11) is 0. The van der Waals surface area contributed by atoms with Gasteiger partial charge >= 0.3 is 0 Å². The molecule has 0 radical (unpaired) electrons. The molecule has 0 saturated heterocycles. The Balaban J connectivity index is 0.000000271. The second kappa shape index (κ2) is 11.7. The summed E-state index contributed by atoms with van der Waals surface area (Å²) in [5, 5.41) is 19.7. The summed E-state index contributed by atoms with van der Waals surface area (Å²) >= 11 is 0. The first-order valence-electron chi connectivity index (χ1n) is 9.88. The largest absolute Gasteiger partial charge is 0.393 e. The lowest BCUT2D eigenvalue weighted by molar-refractivity contribution is -0.0324. The number of hydrogen-bond acceptors (Lipinski definition) is 3. The molecule has 2 rings (SSSR count). The number of ketones is 1. The normalized spacial score (nSPS) is 14.0. The SMILES string of the molecule is CCCC(O)(CC)CC(O)C(C)C.O=C(c1ccccc1)c1ccccc1. The predicted molar refractivity (Wildman–Crippen MR) is 112 cm³/mol. The van der Waals surface area contributed by atoms with E-state index in [1.54, 1.807) is 0 Å². The van der Waals surface area contributed by atoms with Gasteiger partial charge in [0.05, 0.1) is 11.7 Å². The first-order valence-corrected chi connectivity index (χ1v) is 9.88. The molecular formula is C24H34O3. The smallest absolute Gasteiger partial charge is 0.193 e. The summed E-state index contributed by atoms with van der Waals surface area (Å²) in [6.07, 6.45) is 2.61. The minimum absolute atomic E-state index is 0.0752. The highest BCUT2D eigenvalue weighted by molar-refractivity contribution is 6.08. The van der Waals surface area contributed by atoms with Crippen molar-refractivity contribution < 1.29 is 15.0 Å². The Bertz CT molecular complexity index is 610. The molecule has 2 aromatic carbocycles. The van der Waals surface area contributed by atoms with Gasteiger partial charge < -0.3 is 10.2 Å². The number of hydrogen-bond donors (Lipinski definition) is 2. The van der Waals surface area contributed by atoms with E-state index in [4.69, 9.17) is 0 Å². The molecule has 148 valence electrons. The Kier molecular flexibility index (Phi) is 9.98. The summed E-state index contributed by atoms with van der Waals surface area (Å²) < 4.78 is 0. The van der Waals surface area contributed by atoms with E-state index >= 15 is 0 Å². The third-order valence-corrected chi connectivity index (χ3v) is 4.80. The van der Waals surface area contributed by atoms with E-state index < -0.39 is 5.60 Å². The van der Waals surface area contributed by atoms with E-state index in [1.165, 1.54) is 0 Å². The molecule has 0 aromatic heterocycles. The lowest BCUT2D eigenvalue weighted by Gasteiger charge is -2.30. The highest BCUT2D eigenvalue weighted by Gasteiger charge is 2.28. The molecule has 3 heteroatoms. The zero-order valence-corrected chi connectivity index (χ0v) is 17.1. The Morgan fingerprint density at radius 1 is 0.926 bits per heavy atom. The van der Waals surface area contributed by atoms with Crippen LogP contribution in [0.25, 0.3) is 0 Å². The fraction of sp³-hybridized carbons (Fsp3) is 0.458. The van der Waals surface area contributed by atoms with Crippen molar-refractivity contribution in [1.29, 1.82) is 0 Å². The lowest BCUT2D eigenvalue weighted by Crippen LogP contribution is -2.34. The summed E-state index contributed by atoms with van der Waals surface area (Å²) in [5.74, 6) is 0.307. The van der Waals surface area contributed by atoms with Gasteiger partial charge in [0.15, 0.2) is 5.78 Å². The topological polar surface area (TPSA) is 57.5 Å². The molecule has 2 unspecified atom stereocenters. The van der Waals surface area contributed by atoms with Crippen LogP contribution in [-0.4, -0.2) is 27.7 Å². The predicted octanol–water partition coefficient (Wildman–Crippen LogP) is 5.25. The van der Waals surface area contributed by atoms with Crippen LogP contribution in [0, 0.1) is 5.92 Å². The van der Waals surface area contributed by atoms with Crippen molar-refractivity contribution in [3.8, 4) is 0 Å². The number of aliphatic hydroxyl groups is 2. The summed E-state index contributed by atoms with van der Waals surface area (Å²) in [4.78, 5) is 11.8. The van der Waals surface area contributed by atoms with Gasteiger partial charge in [0.2, 0.25) is 0 Å². The van der Waals surface area contributed by atoms with E-state index in [0.29, 0.717) is 6.42 Å². The number of benzene rings is 2. The number of rotatable bonds is 8. The van der Waals surface area contributed by atoms with E-state index in [1.807, 2.05) is 81.4 Å². The molecule has 0 aliphatic rings. The molecule has 2 aromatic rings. The highest BCUT2D eigenvalue weighted by Crippen LogP contribution is 2.25. The first-order chi connectivity index (χ1) is 12.8. The van der Waals surface area contributed by atoms with E-state index in [9.17, 15) is 15.0 Å². The van der Waals surface area contributed by atoms with Crippen LogP contribution in [-0.2, 0) is 0 Å². The molecule has 2 atom stereocenters. The maximum absolute atomic E-state index is 11.8. The Morgan fingerprint density at radius 3 is 1.70 bits per heavy atom. The first kappa shape index (κ1) is 23.1. The van der Waals surface area contributed by atoms with Crippen LogP contribution in [0.4, 0.5) is 0 Å². The second-order valence-electron chi connectivity index (χ2n) is 7.40. The zero-order chi connectivity index (χ0) is 20.3. The van der Waals surface area contributed by atoms with Crippen LogP contribution in [0.2, 0.25) is 0 Å². The van der Waals surface area contributed by atoms with Crippen molar-refractivity contribution in [1.82, 2.24) is 0 Å². The van der Waals surface area contributed by atoms with Crippen molar-refractivity contribution in [2.45, 2.75) is 65.1 Å². The van der Waals surface area contributed by atoms with Gasteiger partial charge in [0.25, 0.3) is 0 Å². The number of carbonyl (C=O) groups is 1. The van der Waals surface area contributed by atoms with Gasteiger partial charge in [-0.15, -0.1) is 0 Å².